The number of amides is 1. The quantitative estimate of drug-likeness (QED) is 0.651. The summed E-state index contributed by atoms with van der Waals surface area (Å²) in [6, 6.07) is 0. The summed E-state index contributed by atoms with van der Waals surface area (Å²) >= 11 is 0. The van der Waals surface area contributed by atoms with Crippen molar-refractivity contribution in [1.29, 1.82) is 0 Å². The molecule has 1 fully saturated rings. The molecule has 0 heterocycles. The number of carbonyl (C=O) groups excluding carboxylic acids is 1. The number of nitrogens with zero attached hydrogens (tertiary/aromatic N) is 1. The molecule has 0 bridgehead atoms. The van der Waals surface area contributed by atoms with Gasteiger partial charge in [-0.1, -0.05) is 12.2 Å². The van der Waals surface area contributed by atoms with E-state index in [4.69, 9.17) is 0 Å². The number of likely N-dealkylation sites (N-methyl/N-ethyl adjacent to an activating group) is 1. The van der Waals surface area contributed by atoms with E-state index in [0.29, 0.717) is 6.54 Å². The molecule has 72 valence electrons. The summed E-state index contributed by atoms with van der Waals surface area (Å²) in [5, 5.41) is 2.79. The Kier molecular flexibility index (Phi) is 3.83. The van der Waals surface area contributed by atoms with E-state index < -0.39 is 0 Å². The normalized spacial score (nSPS) is 20.7. The van der Waals surface area contributed by atoms with Crippen molar-refractivity contribution in [1.82, 2.24) is 5.32 Å². The fourth-order valence-corrected chi connectivity index (χ4v) is 1.47. The zero-order chi connectivity index (χ0) is 9.68. The summed E-state index contributed by atoms with van der Waals surface area (Å²) in [4.78, 5) is 15.2. The lowest BCUT2D eigenvalue weighted by atomic mass is 9.94. The molecule has 1 amide bonds. The minimum absolute atomic E-state index is 0.0767. The molecule has 3 nitrogen and oxygen atoms in total. The van der Waals surface area contributed by atoms with Crippen molar-refractivity contribution >= 4 is 11.6 Å². The maximum atomic E-state index is 11.1. The lowest BCUT2D eigenvalue weighted by Gasteiger charge is -2.14. The summed E-state index contributed by atoms with van der Waals surface area (Å²) in [5.74, 6) is -0.0767. The number of hydrogen-bond donors (Lipinski definition) is 1. The van der Waals surface area contributed by atoms with Gasteiger partial charge in [-0.15, -0.1) is 0 Å². The van der Waals surface area contributed by atoms with E-state index in [1.165, 1.54) is 5.57 Å². The molecular formula is C10H16N2O. The molecule has 0 aromatic carbocycles. The van der Waals surface area contributed by atoms with Crippen molar-refractivity contribution in [3.8, 4) is 0 Å². The van der Waals surface area contributed by atoms with Crippen molar-refractivity contribution in [3.63, 3.8) is 0 Å². The molecule has 1 aliphatic rings. The lowest BCUT2D eigenvalue weighted by molar-refractivity contribution is -0.116. The molecule has 0 spiro atoms. The van der Waals surface area contributed by atoms with Crippen LogP contribution in [-0.2, 0) is 4.79 Å². The maximum absolute atomic E-state index is 11.1. The van der Waals surface area contributed by atoms with Gasteiger partial charge in [-0.2, -0.15) is 0 Å². The number of nitrogens with one attached hydrogen (secondary N) is 1. The molecule has 0 unspecified atom stereocenters. The number of rotatable bonds is 2. The van der Waals surface area contributed by atoms with Gasteiger partial charge in [0.15, 0.2) is 0 Å². The Morgan fingerprint density at radius 3 is 3.00 bits per heavy atom. The van der Waals surface area contributed by atoms with E-state index in [-0.39, 0.29) is 5.91 Å². The monoisotopic (exact) mass is 180 g/mol. The number of allylic oxidation sites excluding steroid dienone is 1. The molecule has 13 heavy (non-hydrogen) atoms. The predicted octanol–water partition coefficient (Wildman–Crippen LogP) is 1.30. The first-order chi connectivity index (χ1) is 6.22. The van der Waals surface area contributed by atoms with Crippen molar-refractivity contribution in [2.24, 2.45) is 4.99 Å². The Morgan fingerprint density at radius 1 is 1.62 bits per heavy atom. The zero-order valence-electron chi connectivity index (χ0n) is 8.10. The number of hydrogen-bond acceptors (Lipinski definition) is 2. The molecule has 1 N–H and O–H groups in total. The molecule has 0 radical (unpaired) electrons. The van der Waals surface area contributed by atoms with Crippen LogP contribution in [0.25, 0.3) is 0 Å². The van der Waals surface area contributed by atoms with Crippen LogP contribution >= 0.6 is 0 Å². The van der Waals surface area contributed by atoms with Crippen molar-refractivity contribution in [2.45, 2.75) is 25.7 Å². The minimum atomic E-state index is -0.0767. The average molecular weight is 180 g/mol. The van der Waals surface area contributed by atoms with E-state index in [9.17, 15) is 4.79 Å². The second-order valence-corrected chi connectivity index (χ2v) is 3.38. The summed E-state index contributed by atoms with van der Waals surface area (Å²) < 4.78 is 0. The van der Waals surface area contributed by atoms with Gasteiger partial charge in [-0.05, 0) is 26.3 Å². The maximum Gasteiger partial charge on any atom is 0.259 e. The third-order valence-corrected chi connectivity index (χ3v) is 2.06. The molecule has 3 heteroatoms. The summed E-state index contributed by atoms with van der Waals surface area (Å²) in [7, 11) is 1.75. The zero-order valence-corrected chi connectivity index (χ0v) is 8.10. The van der Waals surface area contributed by atoms with Gasteiger partial charge in [0.05, 0.1) is 6.54 Å². The Morgan fingerprint density at radius 2 is 2.38 bits per heavy atom. The van der Waals surface area contributed by atoms with Crippen LogP contribution in [0.4, 0.5) is 0 Å². The van der Waals surface area contributed by atoms with Gasteiger partial charge in [0, 0.05) is 12.1 Å². The van der Waals surface area contributed by atoms with Crippen LogP contribution in [0.3, 0.4) is 0 Å². The fourth-order valence-electron chi connectivity index (χ4n) is 1.47. The summed E-state index contributed by atoms with van der Waals surface area (Å²) in [6.45, 7) is 4.24. The Labute approximate surface area is 78.9 Å². The molecule has 1 rings (SSSR count). The molecule has 1 aliphatic carbocycles. The third kappa shape index (κ3) is 3.51. The molecule has 0 aromatic rings. The van der Waals surface area contributed by atoms with Gasteiger partial charge < -0.3 is 5.32 Å². The molecule has 0 saturated heterocycles. The van der Waals surface area contributed by atoms with Gasteiger partial charge in [-0.3, -0.25) is 4.79 Å². The van der Waals surface area contributed by atoms with Crippen LogP contribution in [-0.4, -0.2) is 25.2 Å². The largest absolute Gasteiger partial charge is 0.311 e. The SMILES string of the molecule is C=C1CCCC(=NC(=O)CNC)C1. The smallest absolute Gasteiger partial charge is 0.259 e. The average Bonchev–Trinajstić information content (AvgIpc) is 2.04. The number of aliphatic imine (C=N–C) groups is 1. The van der Waals surface area contributed by atoms with E-state index in [2.05, 4.69) is 16.9 Å². The Bertz CT molecular complexity index is 243. The van der Waals surface area contributed by atoms with Crippen molar-refractivity contribution in [3.05, 3.63) is 12.2 Å². The predicted molar refractivity (Wildman–Crippen MR) is 54.0 cm³/mol. The van der Waals surface area contributed by atoms with Crippen LogP contribution in [0.15, 0.2) is 17.1 Å². The van der Waals surface area contributed by atoms with Crippen LogP contribution in [0.5, 0.6) is 0 Å². The van der Waals surface area contributed by atoms with Gasteiger partial charge in [0.1, 0.15) is 0 Å². The topological polar surface area (TPSA) is 41.5 Å². The van der Waals surface area contributed by atoms with E-state index >= 15 is 0 Å². The third-order valence-electron chi connectivity index (χ3n) is 2.06. The second-order valence-electron chi connectivity index (χ2n) is 3.38. The highest BCUT2D eigenvalue weighted by atomic mass is 16.1. The number of carbonyl (C=O) groups is 1. The highest BCUT2D eigenvalue weighted by Crippen LogP contribution is 2.19. The van der Waals surface area contributed by atoms with Gasteiger partial charge in [0.2, 0.25) is 0 Å². The molecular weight excluding hydrogens is 164 g/mol. The van der Waals surface area contributed by atoms with Crippen LogP contribution in [0.1, 0.15) is 25.7 Å². The first-order valence-corrected chi connectivity index (χ1v) is 4.63. The highest BCUT2D eigenvalue weighted by molar-refractivity contribution is 5.97. The minimum Gasteiger partial charge on any atom is -0.311 e. The molecule has 1 saturated carbocycles. The summed E-state index contributed by atoms with van der Waals surface area (Å²) in [5.41, 5.74) is 2.19. The van der Waals surface area contributed by atoms with E-state index in [1.54, 1.807) is 7.05 Å². The van der Waals surface area contributed by atoms with E-state index in [1.807, 2.05) is 0 Å². The Hall–Kier alpha value is -0.960. The van der Waals surface area contributed by atoms with Crippen LogP contribution in [0, 0.1) is 0 Å². The van der Waals surface area contributed by atoms with Gasteiger partial charge in [-0.25, -0.2) is 4.99 Å². The van der Waals surface area contributed by atoms with Crippen LogP contribution < -0.4 is 5.32 Å². The summed E-state index contributed by atoms with van der Waals surface area (Å²) in [6.07, 6.45) is 3.94. The second kappa shape index (κ2) is 4.92. The molecule has 0 atom stereocenters. The van der Waals surface area contributed by atoms with E-state index in [0.717, 1.165) is 31.4 Å². The lowest BCUT2D eigenvalue weighted by Crippen LogP contribution is -2.19. The first kappa shape index (κ1) is 10.1. The first-order valence-electron chi connectivity index (χ1n) is 4.63. The highest BCUT2D eigenvalue weighted by Gasteiger charge is 2.11. The van der Waals surface area contributed by atoms with Crippen molar-refractivity contribution < 1.29 is 4.79 Å². The van der Waals surface area contributed by atoms with Gasteiger partial charge in [0.25, 0.3) is 5.91 Å². The standard InChI is InChI=1S/C10H16N2O/c1-8-4-3-5-9(6-8)12-10(13)7-11-2/h11H,1,3-7H2,2H3. The molecule has 0 aliphatic heterocycles. The van der Waals surface area contributed by atoms with Crippen LogP contribution in [0.2, 0.25) is 0 Å². The van der Waals surface area contributed by atoms with Gasteiger partial charge >= 0.3 is 0 Å². The molecule has 0 aromatic heterocycles. The Balaban J connectivity index is 2.49. The van der Waals surface area contributed by atoms with Crippen molar-refractivity contribution in [2.75, 3.05) is 13.6 Å². The fraction of sp³-hybridized carbons (Fsp3) is 0.600.